The molecule has 1 aromatic rings. The maximum Gasteiger partial charge on any atom is 0.316 e. The van der Waals surface area contributed by atoms with Crippen molar-refractivity contribution < 1.29 is 47.8 Å². The number of hydrogen-bond donors (Lipinski definition) is 1. The lowest BCUT2D eigenvalue weighted by atomic mass is 9.95. The number of benzene rings is 1. The Morgan fingerprint density at radius 2 is 1.88 bits per heavy atom. The van der Waals surface area contributed by atoms with E-state index in [0.717, 1.165) is 29.4 Å². The van der Waals surface area contributed by atoms with Crippen molar-refractivity contribution in [3.05, 3.63) is 35.9 Å². The van der Waals surface area contributed by atoms with Crippen molar-refractivity contribution in [2.24, 2.45) is 0 Å². The van der Waals surface area contributed by atoms with Gasteiger partial charge in [0.15, 0.2) is 0 Å². The van der Waals surface area contributed by atoms with Gasteiger partial charge in [-0.15, -0.1) is 0 Å². The van der Waals surface area contributed by atoms with E-state index in [1.165, 1.54) is 0 Å². The molecule has 3 unspecified atom stereocenters. The standard InChI is InChI=1S/C19H26NO4.HI/c1-3-20(2)15-9-13(10-16(20)18-17(15)24-18)23-19(22)14(11-21)12-7-5-4-6-8-12;/h4-8,13-18,21H,3,9-11H2,1-2H3;1H/q+1;/p-1/t13?,14?,15-,16+,17+,18-,20?;. The Balaban J connectivity index is 0.00000182. The minimum Gasteiger partial charge on any atom is -1.00 e. The second-order valence-electron chi connectivity index (χ2n) is 7.54. The smallest absolute Gasteiger partial charge is 0.316 e. The SMILES string of the molecule is CC[N+]1(C)[C@@H]2CC(OC(=O)C(CO)c3ccccc3)C[C@H]1[C@H]1O[C@H]12.[I-]. The van der Waals surface area contributed by atoms with Crippen LogP contribution in [0.15, 0.2) is 30.3 Å². The van der Waals surface area contributed by atoms with Crippen molar-refractivity contribution >= 4 is 5.97 Å². The molecule has 3 fully saturated rings. The molecule has 3 saturated heterocycles. The molecule has 3 aliphatic rings. The summed E-state index contributed by atoms with van der Waals surface area (Å²) in [6.45, 7) is 3.10. The molecule has 1 N–H and O–H groups in total. The van der Waals surface area contributed by atoms with E-state index >= 15 is 0 Å². The highest BCUT2D eigenvalue weighted by Gasteiger charge is 2.71. The summed E-state index contributed by atoms with van der Waals surface area (Å²) < 4.78 is 12.7. The molecule has 2 bridgehead atoms. The largest absolute Gasteiger partial charge is 1.00 e. The van der Waals surface area contributed by atoms with Crippen LogP contribution in [0.3, 0.4) is 0 Å². The number of ether oxygens (including phenoxy) is 2. The van der Waals surface area contributed by atoms with Crippen LogP contribution in [0, 0.1) is 0 Å². The summed E-state index contributed by atoms with van der Waals surface area (Å²) in [5.41, 5.74) is 0.809. The van der Waals surface area contributed by atoms with E-state index in [9.17, 15) is 9.90 Å². The van der Waals surface area contributed by atoms with Crippen molar-refractivity contribution in [2.45, 2.75) is 56.1 Å². The molecule has 3 aliphatic heterocycles. The van der Waals surface area contributed by atoms with Crippen LogP contribution in [-0.4, -0.2) is 66.2 Å². The van der Waals surface area contributed by atoms with E-state index in [4.69, 9.17) is 9.47 Å². The van der Waals surface area contributed by atoms with E-state index in [0.29, 0.717) is 24.3 Å². The summed E-state index contributed by atoms with van der Waals surface area (Å²) >= 11 is 0. The first-order chi connectivity index (χ1) is 11.6. The predicted octanol–water partition coefficient (Wildman–Crippen LogP) is -1.54. The maximum absolute atomic E-state index is 12.6. The first-order valence-electron chi connectivity index (χ1n) is 8.95. The van der Waals surface area contributed by atoms with Crippen LogP contribution < -0.4 is 24.0 Å². The highest BCUT2D eigenvalue weighted by Crippen LogP contribution is 2.52. The van der Waals surface area contributed by atoms with Gasteiger partial charge in [0.2, 0.25) is 0 Å². The van der Waals surface area contributed by atoms with Crippen molar-refractivity contribution in [1.29, 1.82) is 0 Å². The van der Waals surface area contributed by atoms with Crippen LogP contribution in [-0.2, 0) is 14.3 Å². The van der Waals surface area contributed by atoms with E-state index in [2.05, 4.69) is 14.0 Å². The van der Waals surface area contributed by atoms with Crippen LogP contribution in [0.1, 0.15) is 31.2 Å². The van der Waals surface area contributed by atoms with Gasteiger partial charge in [-0.2, -0.15) is 0 Å². The topological polar surface area (TPSA) is 59.1 Å². The first-order valence-corrected chi connectivity index (χ1v) is 8.95. The minimum absolute atomic E-state index is 0. The predicted molar refractivity (Wildman–Crippen MR) is 88.3 cm³/mol. The molecule has 0 aliphatic carbocycles. The lowest BCUT2D eigenvalue weighted by molar-refractivity contribution is -0.954. The molecule has 6 heteroatoms. The summed E-state index contributed by atoms with van der Waals surface area (Å²) in [6, 6.07) is 10.2. The molecule has 7 atom stereocenters. The van der Waals surface area contributed by atoms with Crippen LogP contribution in [0.4, 0.5) is 0 Å². The molecule has 5 nitrogen and oxygen atoms in total. The van der Waals surface area contributed by atoms with E-state index in [1.807, 2.05) is 30.3 Å². The fourth-order valence-electron chi connectivity index (χ4n) is 4.87. The highest BCUT2D eigenvalue weighted by molar-refractivity contribution is 5.78. The quantitative estimate of drug-likeness (QED) is 0.251. The lowest BCUT2D eigenvalue weighted by Crippen LogP contribution is -3.00. The fraction of sp³-hybridized carbons (Fsp3) is 0.632. The second kappa shape index (κ2) is 7.13. The maximum atomic E-state index is 12.6. The lowest BCUT2D eigenvalue weighted by Gasteiger charge is -2.47. The minimum atomic E-state index is -0.594. The molecule has 25 heavy (non-hydrogen) atoms. The Bertz CT molecular complexity index is 607. The molecule has 0 amide bonds. The van der Waals surface area contributed by atoms with Gasteiger partial charge in [-0.05, 0) is 12.5 Å². The van der Waals surface area contributed by atoms with Crippen molar-refractivity contribution in [3.63, 3.8) is 0 Å². The number of likely N-dealkylation sites (N-methyl/N-ethyl adjacent to an activating group) is 1. The van der Waals surface area contributed by atoms with Gasteiger partial charge in [0, 0.05) is 12.8 Å². The van der Waals surface area contributed by atoms with Crippen molar-refractivity contribution in [3.8, 4) is 0 Å². The zero-order valence-electron chi connectivity index (χ0n) is 14.7. The van der Waals surface area contributed by atoms with Crippen LogP contribution in [0.5, 0.6) is 0 Å². The normalized spacial score (nSPS) is 39.1. The number of nitrogens with zero attached hydrogens (tertiary/aromatic N) is 1. The molecular formula is C19H26INO4. The number of esters is 1. The molecule has 0 spiro atoms. The Hall–Kier alpha value is -0.700. The van der Waals surface area contributed by atoms with Gasteiger partial charge in [-0.1, -0.05) is 30.3 Å². The van der Waals surface area contributed by atoms with Gasteiger partial charge in [0.05, 0.1) is 20.2 Å². The average Bonchev–Trinajstić information content (AvgIpc) is 3.35. The summed E-state index contributed by atoms with van der Waals surface area (Å²) in [7, 11) is 2.31. The number of aliphatic hydroxyl groups is 1. The van der Waals surface area contributed by atoms with Crippen LogP contribution in [0.2, 0.25) is 0 Å². The van der Waals surface area contributed by atoms with E-state index < -0.39 is 5.92 Å². The van der Waals surface area contributed by atoms with Gasteiger partial charge in [-0.25, -0.2) is 0 Å². The Kier molecular flexibility index (Phi) is 5.44. The number of morpholine rings is 1. The third-order valence-electron chi connectivity index (χ3n) is 6.48. The summed E-state index contributed by atoms with van der Waals surface area (Å²) in [5.74, 6) is -0.904. The molecule has 4 rings (SSSR count). The highest BCUT2D eigenvalue weighted by atomic mass is 127. The molecule has 1 aromatic carbocycles. The summed E-state index contributed by atoms with van der Waals surface area (Å²) in [4.78, 5) is 12.6. The Morgan fingerprint density at radius 1 is 1.28 bits per heavy atom. The number of piperidine rings is 1. The van der Waals surface area contributed by atoms with E-state index in [-0.39, 0.29) is 42.7 Å². The first kappa shape index (κ1) is 19.1. The van der Waals surface area contributed by atoms with Gasteiger partial charge >= 0.3 is 5.97 Å². The monoisotopic (exact) mass is 459 g/mol. The van der Waals surface area contributed by atoms with Gasteiger partial charge in [0.25, 0.3) is 0 Å². The van der Waals surface area contributed by atoms with Crippen LogP contribution in [0.25, 0.3) is 0 Å². The molecule has 138 valence electrons. The van der Waals surface area contributed by atoms with Gasteiger partial charge < -0.3 is 43.0 Å². The number of rotatable bonds is 5. The average molecular weight is 459 g/mol. The number of hydrogen-bond acceptors (Lipinski definition) is 4. The van der Waals surface area contributed by atoms with Gasteiger partial charge in [-0.3, -0.25) is 4.79 Å². The summed E-state index contributed by atoms with van der Waals surface area (Å²) in [5, 5.41) is 9.64. The van der Waals surface area contributed by atoms with E-state index in [1.54, 1.807) is 0 Å². The number of halogens is 1. The number of carbonyl (C=O) groups excluding carboxylic acids is 1. The molecule has 0 aromatic heterocycles. The zero-order valence-corrected chi connectivity index (χ0v) is 16.8. The van der Waals surface area contributed by atoms with Gasteiger partial charge in [0.1, 0.15) is 36.3 Å². The third-order valence-corrected chi connectivity index (χ3v) is 6.48. The number of epoxide rings is 1. The zero-order chi connectivity index (χ0) is 16.9. The number of quaternary nitrogens is 1. The fourth-order valence-corrected chi connectivity index (χ4v) is 4.87. The number of aliphatic hydroxyl groups excluding tert-OH is 1. The Labute approximate surface area is 165 Å². The Morgan fingerprint density at radius 3 is 2.40 bits per heavy atom. The number of carbonyl (C=O) groups is 1. The number of fused-ring (bicyclic) bond motifs is 5. The van der Waals surface area contributed by atoms with Crippen LogP contribution >= 0.6 is 0 Å². The molecular weight excluding hydrogens is 433 g/mol. The summed E-state index contributed by atoms with van der Waals surface area (Å²) in [6.07, 6.45) is 2.37. The third kappa shape index (κ3) is 3.11. The second-order valence-corrected chi connectivity index (χ2v) is 7.54. The van der Waals surface area contributed by atoms with Crippen molar-refractivity contribution in [2.75, 3.05) is 20.2 Å². The molecule has 0 saturated carbocycles. The van der Waals surface area contributed by atoms with Crippen molar-refractivity contribution in [1.82, 2.24) is 0 Å². The molecule has 0 radical (unpaired) electrons. The molecule has 3 heterocycles.